The first-order valence-corrected chi connectivity index (χ1v) is 8.72. The summed E-state index contributed by atoms with van der Waals surface area (Å²) in [4.78, 5) is 16.5. The monoisotopic (exact) mass is 350 g/mol. The van der Waals surface area contributed by atoms with Crippen molar-refractivity contribution in [2.45, 2.75) is 45.1 Å². The zero-order valence-electron chi connectivity index (χ0n) is 15.2. The number of carbonyl (C=O) groups excluding carboxylic acids is 1. The highest BCUT2D eigenvalue weighted by Crippen LogP contribution is 2.37. The fourth-order valence-corrected chi connectivity index (χ4v) is 3.23. The molecule has 0 fully saturated rings. The van der Waals surface area contributed by atoms with Gasteiger partial charge in [-0.05, 0) is 17.7 Å². The van der Waals surface area contributed by atoms with Gasteiger partial charge in [0.1, 0.15) is 5.82 Å². The van der Waals surface area contributed by atoms with Crippen molar-refractivity contribution < 1.29 is 4.79 Å². The minimum absolute atomic E-state index is 0.0117. The molecule has 3 aromatic rings. The van der Waals surface area contributed by atoms with Gasteiger partial charge in [0.2, 0.25) is 5.91 Å². The van der Waals surface area contributed by atoms with Crippen LogP contribution in [0.25, 0.3) is 0 Å². The molecule has 0 aliphatic carbocycles. The number of H-pyrrole nitrogens is 1. The second-order valence-corrected chi connectivity index (χ2v) is 7.73. The lowest BCUT2D eigenvalue weighted by Gasteiger charge is -2.22. The Morgan fingerprint density at radius 1 is 1.31 bits per heavy atom. The lowest BCUT2D eigenvalue weighted by Crippen LogP contribution is -2.25. The van der Waals surface area contributed by atoms with E-state index in [1.807, 2.05) is 23.0 Å². The van der Waals surface area contributed by atoms with Crippen molar-refractivity contribution in [3.8, 4) is 0 Å². The second-order valence-electron chi connectivity index (χ2n) is 7.73. The topological polar surface area (TPSA) is 88.5 Å². The number of carbonyl (C=O) groups is 1. The molecule has 0 saturated carbocycles. The van der Waals surface area contributed by atoms with Gasteiger partial charge in [0, 0.05) is 41.4 Å². The van der Waals surface area contributed by atoms with Crippen molar-refractivity contribution in [2.75, 3.05) is 5.32 Å². The van der Waals surface area contributed by atoms with E-state index in [1.54, 1.807) is 12.4 Å². The third kappa shape index (κ3) is 3.00. The number of anilines is 1. The highest BCUT2D eigenvalue weighted by atomic mass is 16.1. The molecule has 1 aliphatic heterocycles. The van der Waals surface area contributed by atoms with E-state index in [0.29, 0.717) is 13.0 Å². The number of hydrogen-bond donors (Lipinski definition) is 2. The molecule has 1 atom stereocenters. The lowest BCUT2D eigenvalue weighted by atomic mass is 9.88. The Hall–Kier alpha value is -2.96. The molecule has 7 nitrogen and oxygen atoms in total. The van der Waals surface area contributed by atoms with Crippen LogP contribution in [0.2, 0.25) is 0 Å². The summed E-state index contributed by atoms with van der Waals surface area (Å²) in [5, 5.41) is 15.0. The van der Waals surface area contributed by atoms with Crippen LogP contribution in [-0.4, -0.2) is 30.9 Å². The van der Waals surface area contributed by atoms with Crippen LogP contribution in [0.4, 0.5) is 5.82 Å². The molecule has 134 valence electrons. The molecule has 0 radical (unpaired) electrons. The highest BCUT2D eigenvalue weighted by Gasteiger charge is 2.32. The number of nitrogens with one attached hydrogen (secondary N) is 2. The van der Waals surface area contributed by atoms with Crippen LogP contribution in [0.5, 0.6) is 0 Å². The third-order valence-corrected chi connectivity index (χ3v) is 4.69. The van der Waals surface area contributed by atoms with Gasteiger partial charge in [0.25, 0.3) is 0 Å². The molecule has 1 unspecified atom stereocenters. The molecule has 26 heavy (non-hydrogen) atoms. The average Bonchev–Trinajstić information content (AvgIpc) is 3.23. The van der Waals surface area contributed by atoms with Gasteiger partial charge in [0.15, 0.2) is 0 Å². The summed E-state index contributed by atoms with van der Waals surface area (Å²) in [5.41, 5.74) is 3.94. The maximum absolute atomic E-state index is 12.3. The first-order chi connectivity index (χ1) is 12.4. The Bertz CT molecular complexity index is 935. The van der Waals surface area contributed by atoms with Crippen LogP contribution in [0.1, 0.15) is 55.6 Å². The molecule has 4 heterocycles. The van der Waals surface area contributed by atoms with Crippen molar-refractivity contribution in [2.24, 2.45) is 0 Å². The zero-order chi connectivity index (χ0) is 18.3. The number of amides is 1. The Kier molecular flexibility index (Phi) is 3.86. The molecule has 1 amide bonds. The van der Waals surface area contributed by atoms with Crippen molar-refractivity contribution in [1.29, 1.82) is 0 Å². The molecule has 0 spiro atoms. The van der Waals surface area contributed by atoms with Crippen LogP contribution in [0.15, 0.2) is 36.8 Å². The molecule has 0 bridgehead atoms. The van der Waals surface area contributed by atoms with Crippen LogP contribution < -0.4 is 5.32 Å². The SMILES string of the molecule is CC(C)(C)c1cc(C2CC(=O)Nc3c2cnn3Cc2cccnc2)[nH]n1. The number of nitrogens with zero attached hydrogens (tertiary/aromatic N) is 4. The molecule has 2 N–H and O–H groups in total. The smallest absolute Gasteiger partial charge is 0.226 e. The van der Waals surface area contributed by atoms with Crippen molar-refractivity contribution in [3.05, 3.63) is 59.3 Å². The number of fused-ring (bicyclic) bond motifs is 1. The van der Waals surface area contributed by atoms with Crippen LogP contribution in [0.3, 0.4) is 0 Å². The molecular formula is C19H22N6O. The van der Waals surface area contributed by atoms with Crippen molar-refractivity contribution in [3.63, 3.8) is 0 Å². The van der Waals surface area contributed by atoms with E-state index < -0.39 is 0 Å². The summed E-state index contributed by atoms with van der Waals surface area (Å²) in [6, 6.07) is 5.95. The molecular weight excluding hydrogens is 328 g/mol. The fraction of sp³-hybridized carbons (Fsp3) is 0.368. The number of rotatable bonds is 3. The van der Waals surface area contributed by atoms with E-state index in [1.165, 1.54) is 0 Å². The Labute approximate surface area is 151 Å². The maximum Gasteiger partial charge on any atom is 0.226 e. The summed E-state index contributed by atoms with van der Waals surface area (Å²) < 4.78 is 1.82. The van der Waals surface area contributed by atoms with Gasteiger partial charge >= 0.3 is 0 Å². The van der Waals surface area contributed by atoms with Gasteiger partial charge in [-0.25, -0.2) is 4.68 Å². The van der Waals surface area contributed by atoms with Crippen LogP contribution >= 0.6 is 0 Å². The Morgan fingerprint density at radius 2 is 2.15 bits per heavy atom. The van der Waals surface area contributed by atoms with Crippen molar-refractivity contribution in [1.82, 2.24) is 25.0 Å². The third-order valence-electron chi connectivity index (χ3n) is 4.69. The summed E-state index contributed by atoms with van der Waals surface area (Å²) in [6.07, 6.45) is 5.77. The first-order valence-electron chi connectivity index (χ1n) is 8.72. The summed E-state index contributed by atoms with van der Waals surface area (Å²) in [6.45, 7) is 6.93. The van der Waals surface area contributed by atoms with E-state index >= 15 is 0 Å². The Morgan fingerprint density at radius 3 is 2.85 bits per heavy atom. The predicted octanol–water partition coefficient (Wildman–Crippen LogP) is 2.82. The maximum atomic E-state index is 12.3. The fourth-order valence-electron chi connectivity index (χ4n) is 3.23. The molecule has 0 aromatic carbocycles. The number of aromatic amines is 1. The quantitative estimate of drug-likeness (QED) is 0.760. The van der Waals surface area contributed by atoms with Gasteiger partial charge in [0.05, 0.1) is 18.4 Å². The minimum atomic E-state index is -0.0648. The van der Waals surface area contributed by atoms with Gasteiger partial charge in [-0.15, -0.1) is 0 Å². The standard InChI is InChI=1S/C19H22N6O/c1-19(2,3)16-8-15(23-24-16)13-7-17(26)22-18-14(13)10-21-25(18)11-12-5-4-6-20-9-12/h4-6,8-10,13H,7,11H2,1-3H3,(H,22,26)(H,23,24). The molecule has 7 heteroatoms. The van der Waals surface area contributed by atoms with Gasteiger partial charge in [-0.3, -0.25) is 14.9 Å². The minimum Gasteiger partial charge on any atom is -0.311 e. The molecule has 0 saturated heterocycles. The Balaban J connectivity index is 1.68. The van der Waals surface area contributed by atoms with E-state index in [2.05, 4.69) is 52.4 Å². The van der Waals surface area contributed by atoms with Gasteiger partial charge < -0.3 is 5.32 Å². The number of hydrogen-bond acceptors (Lipinski definition) is 4. The first kappa shape index (κ1) is 16.5. The van der Waals surface area contributed by atoms with Crippen molar-refractivity contribution >= 4 is 11.7 Å². The second kappa shape index (κ2) is 6.09. The van der Waals surface area contributed by atoms with Gasteiger partial charge in [-0.2, -0.15) is 10.2 Å². The summed E-state index contributed by atoms with van der Waals surface area (Å²) in [7, 11) is 0. The number of aromatic nitrogens is 5. The zero-order valence-corrected chi connectivity index (χ0v) is 15.2. The molecule has 3 aromatic heterocycles. The molecule has 4 rings (SSSR count). The average molecular weight is 350 g/mol. The summed E-state index contributed by atoms with van der Waals surface area (Å²) >= 11 is 0. The normalized spacial score (nSPS) is 17.0. The predicted molar refractivity (Wildman–Crippen MR) is 97.9 cm³/mol. The lowest BCUT2D eigenvalue weighted by molar-refractivity contribution is -0.116. The summed E-state index contributed by atoms with van der Waals surface area (Å²) in [5.74, 6) is 0.675. The van der Waals surface area contributed by atoms with Crippen LogP contribution in [0, 0.1) is 0 Å². The van der Waals surface area contributed by atoms with E-state index in [0.717, 1.165) is 28.3 Å². The number of pyridine rings is 1. The largest absolute Gasteiger partial charge is 0.311 e. The highest BCUT2D eigenvalue weighted by molar-refractivity contribution is 5.94. The van der Waals surface area contributed by atoms with E-state index in [9.17, 15) is 4.79 Å². The van der Waals surface area contributed by atoms with E-state index in [4.69, 9.17) is 0 Å². The van der Waals surface area contributed by atoms with E-state index in [-0.39, 0.29) is 17.2 Å². The molecule has 1 aliphatic rings. The van der Waals surface area contributed by atoms with Crippen LogP contribution in [-0.2, 0) is 16.8 Å². The van der Waals surface area contributed by atoms with Gasteiger partial charge in [-0.1, -0.05) is 26.8 Å².